The number of allylic oxidation sites excluding steroid dienone is 12. The van der Waals surface area contributed by atoms with Gasteiger partial charge in [-0.1, -0.05) is 73.1 Å². The predicted molar refractivity (Wildman–Crippen MR) is 116 cm³/mol. The molecule has 0 saturated heterocycles. The molecular formula is C25H34O2. The van der Waals surface area contributed by atoms with E-state index in [1.165, 1.54) is 49.0 Å². The summed E-state index contributed by atoms with van der Waals surface area (Å²) < 4.78 is 0. The molecule has 0 aromatic heterocycles. The van der Waals surface area contributed by atoms with Crippen molar-refractivity contribution in [3.05, 3.63) is 70.9 Å². The van der Waals surface area contributed by atoms with E-state index in [0.29, 0.717) is 0 Å². The number of Topliss-reactive ketones (excluding diaryl/α,β-unsaturated/α-hetero) is 1. The van der Waals surface area contributed by atoms with Crippen molar-refractivity contribution < 1.29 is 9.59 Å². The van der Waals surface area contributed by atoms with Gasteiger partial charge in [0.15, 0.2) is 5.78 Å². The van der Waals surface area contributed by atoms with Crippen molar-refractivity contribution in [2.45, 2.75) is 67.2 Å². The van der Waals surface area contributed by atoms with E-state index in [9.17, 15) is 9.59 Å². The third-order valence-corrected chi connectivity index (χ3v) is 4.84. The third-order valence-electron chi connectivity index (χ3n) is 4.84. The smallest absolute Gasteiger partial charge is 0.163 e. The Labute approximate surface area is 165 Å². The summed E-state index contributed by atoms with van der Waals surface area (Å²) in [4.78, 5) is 22.3. The predicted octanol–water partition coefficient (Wildman–Crippen LogP) is 6.62. The van der Waals surface area contributed by atoms with Crippen LogP contribution in [-0.4, -0.2) is 11.6 Å². The van der Waals surface area contributed by atoms with Gasteiger partial charge in [0.1, 0.15) is 5.78 Å². The Hall–Kier alpha value is -2.22. The number of rotatable bonds is 8. The molecule has 2 heteroatoms. The molecule has 1 aliphatic rings. The quantitative estimate of drug-likeness (QED) is 0.275. The fourth-order valence-electron chi connectivity index (χ4n) is 3.30. The van der Waals surface area contributed by atoms with Crippen LogP contribution in [0.3, 0.4) is 0 Å². The molecule has 0 heterocycles. The van der Waals surface area contributed by atoms with Gasteiger partial charge in [0, 0.05) is 0 Å². The van der Waals surface area contributed by atoms with Crippen molar-refractivity contribution in [3.8, 4) is 0 Å². The highest BCUT2D eigenvalue weighted by atomic mass is 16.1. The minimum atomic E-state index is -0.161. The summed E-state index contributed by atoms with van der Waals surface area (Å²) in [5.74, 6) is -0.270. The summed E-state index contributed by atoms with van der Waals surface area (Å²) in [5, 5.41) is 0. The molecule has 0 amide bonds. The number of hydrogen-bond donors (Lipinski definition) is 0. The second-order valence-electron chi connectivity index (χ2n) is 8.15. The fourth-order valence-corrected chi connectivity index (χ4v) is 3.30. The van der Waals surface area contributed by atoms with Gasteiger partial charge in [0.25, 0.3) is 0 Å². The molecule has 0 aliphatic heterocycles. The van der Waals surface area contributed by atoms with Gasteiger partial charge in [-0.2, -0.15) is 0 Å². The first-order valence-corrected chi connectivity index (χ1v) is 9.72. The van der Waals surface area contributed by atoms with Crippen LogP contribution >= 0.6 is 0 Å². The lowest BCUT2D eigenvalue weighted by Gasteiger charge is -2.32. The van der Waals surface area contributed by atoms with E-state index in [0.717, 1.165) is 5.57 Å². The molecule has 0 bridgehead atoms. The SMILES string of the molecule is CC(=O)CC(=O)C=CC=C(C)C=CC=C(C)C=CC1=C(C)CCCC1(C)C. The molecular weight excluding hydrogens is 332 g/mol. The summed E-state index contributed by atoms with van der Waals surface area (Å²) in [7, 11) is 0. The van der Waals surface area contributed by atoms with Crippen LogP contribution in [0.2, 0.25) is 0 Å². The minimum absolute atomic E-state index is 0.0276. The lowest BCUT2D eigenvalue weighted by atomic mass is 9.72. The van der Waals surface area contributed by atoms with Crippen molar-refractivity contribution >= 4 is 11.6 Å². The van der Waals surface area contributed by atoms with Gasteiger partial charge >= 0.3 is 0 Å². The first-order chi connectivity index (χ1) is 12.6. The van der Waals surface area contributed by atoms with Gasteiger partial charge in [0.05, 0.1) is 6.42 Å². The lowest BCUT2D eigenvalue weighted by Crippen LogP contribution is -2.19. The van der Waals surface area contributed by atoms with Gasteiger partial charge in [-0.05, 0) is 64.0 Å². The minimum Gasteiger partial charge on any atom is -0.300 e. The number of hydrogen-bond acceptors (Lipinski definition) is 2. The molecule has 0 unspecified atom stereocenters. The topological polar surface area (TPSA) is 34.1 Å². The van der Waals surface area contributed by atoms with Crippen LogP contribution in [0.1, 0.15) is 67.2 Å². The highest BCUT2D eigenvalue weighted by Gasteiger charge is 2.26. The molecule has 1 rings (SSSR count). The summed E-state index contributed by atoms with van der Waals surface area (Å²) in [6.45, 7) is 12.4. The van der Waals surface area contributed by atoms with Crippen LogP contribution in [0.4, 0.5) is 0 Å². The third kappa shape index (κ3) is 8.81. The van der Waals surface area contributed by atoms with E-state index in [1.54, 1.807) is 6.08 Å². The van der Waals surface area contributed by atoms with Crippen LogP contribution in [0.25, 0.3) is 0 Å². The molecule has 0 spiro atoms. The molecule has 1 aliphatic carbocycles. The van der Waals surface area contributed by atoms with E-state index < -0.39 is 0 Å². The first-order valence-electron chi connectivity index (χ1n) is 9.72. The van der Waals surface area contributed by atoms with E-state index in [4.69, 9.17) is 0 Å². The Balaban J connectivity index is 2.67. The van der Waals surface area contributed by atoms with E-state index in [2.05, 4.69) is 45.9 Å². The largest absolute Gasteiger partial charge is 0.300 e. The van der Waals surface area contributed by atoms with Gasteiger partial charge < -0.3 is 0 Å². The normalized spacial score (nSPS) is 18.9. The fraction of sp³-hybridized carbons (Fsp3) is 0.440. The van der Waals surface area contributed by atoms with Crippen molar-refractivity contribution in [2.75, 3.05) is 0 Å². The van der Waals surface area contributed by atoms with Gasteiger partial charge in [0.2, 0.25) is 0 Å². The zero-order valence-corrected chi connectivity index (χ0v) is 17.8. The Morgan fingerprint density at radius 1 is 0.963 bits per heavy atom. The summed E-state index contributed by atoms with van der Waals surface area (Å²) in [6, 6.07) is 0. The molecule has 0 fully saturated rings. The van der Waals surface area contributed by atoms with Crippen molar-refractivity contribution in [1.29, 1.82) is 0 Å². The number of ketones is 2. The average molecular weight is 367 g/mol. The molecule has 0 N–H and O–H groups in total. The zero-order valence-electron chi connectivity index (χ0n) is 17.8. The Morgan fingerprint density at radius 3 is 2.15 bits per heavy atom. The maximum absolute atomic E-state index is 11.4. The summed E-state index contributed by atoms with van der Waals surface area (Å²) >= 11 is 0. The van der Waals surface area contributed by atoms with E-state index in [1.807, 2.05) is 25.2 Å². The highest BCUT2D eigenvalue weighted by molar-refractivity contribution is 6.03. The lowest BCUT2D eigenvalue weighted by molar-refractivity contribution is -0.123. The molecule has 0 saturated carbocycles. The highest BCUT2D eigenvalue weighted by Crippen LogP contribution is 2.40. The second kappa shape index (κ2) is 10.8. The molecule has 0 radical (unpaired) electrons. The zero-order chi connectivity index (χ0) is 20.4. The van der Waals surface area contributed by atoms with Gasteiger partial charge in [-0.25, -0.2) is 0 Å². The first kappa shape index (κ1) is 22.8. The Bertz CT molecular complexity index is 734. The molecule has 146 valence electrons. The van der Waals surface area contributed by atoms with Crippen LogP contribution < -0.4 is 0 Å². The number of carbonyl (C=O) groups excluding carboxylic acids is 2. The maximum atomic E-state index is 11.4. The molecule has 0 aromatic rings. The molecule has 2 nitrogen and oxygen atoms in total. The molecule has 0 atom stereocenters. The van der Waals surface area contributed by atoms with E-state index >= 15 is 0 Å². The van der Waals surface area contributed by atoms with Crippen LogP contribution in [0.5, 0.6) is 0 Å². The van der Waals surface area contributed by atoms with Crippen LogP contribution in [-0.2, 0) is 9.59 Å². The second-order valence-corrected chi connectivity index (χ2v) is 8.15. The van der Waals surface area contributed by atoms with Crippen LogP contribution in [0, 0.1) is 5.41 Å². The van der Waals surface area contributed by atoms with Crippen molar-refractivity contribution in [2.24, 2.45) is 5.41 Å². The van der Waals surface area contributed by atoms with E-state index in [-0.39, 0.29) is 23.4 Å². The van der Waals surface area contributed by atoms with Gasteiger partial charge in [-0.15, -0.1) is 0 Å². The molecule has 27 heavy (non-hydrogen) atoms. The Morgan fingerprint density at radius 2 is 1.56 bits per heavy atom. The number of carbonyl (C=O) groups is 2. The van der Waals surface area contributed by atoms with Gasteiger partial charge in [-0.3, -0.25) is 9.59 Å². The average Bonchev–Trinajstić information content (AvgIpc) is 2.53. The van der Waals surface area contributed by atoms with Crippen molar-refractivity contribution in [1.82, 2.24) is 0 Å². The summed E-state index contributed by atoms with van der Waals surface area (Å²) in [6.07, 6.45) is 19.3. The summed E-state index contributed by atoms with van der Waals surface area (Å²) in [5.41, 5.74) is 5.49. The maximum Gasteiger partial charge on any atom is 0.163 e. The Kier molecular flexibility index (Phi) is 9.14. The monoisotopic (exact) mass is 366 g/mol. The molecule has 0 aromatic carbocycles. The van der Waals surface area contributed by atoms with Crippen LogP contribution in [0.15, 0.2) is 70.9 Å². The standard InChI is InChI=1S/C25H34O2/c1-19(12-8-14-23(27)18-22(4)26)10-7-11-20(2)15-16-24-21(3)13-9-17-25(24,5)6/h7-8,10-12,14-16H,9,13,17-18H2,1-6H3. The van der Waals surface area contributed by atoms with Crippen molar-refractivity contribution in [3.63, 3.8) is 0 Å².